The smallest absolute Gasteiger partial charge is 0.343 e. The van der Waals surface area contributed by atoms with Crippen molar-refractivity contribution < 1.29 is 13.9 Å². The molecule has 4 nitrogen and oxygen atoms in total. The van der Waals surface area contributed by atoms with Crippen LogP contribution in [0.2, 0.25) is 0 Å². The van der Waals surface area contributed by atoms with Gasteiger partial charge in [-0.3, -0.25) is 4.79 Å². The molecule has 4 heteroatoms. The van der Waals surface area contributed by atoms with Gasteiger partial charge in [0.15, 0.2) is 5.78 Å². The zero-order chi connectivity index (χ0) is 22.3. The third-order valence-corrected chi connectivity index (χ3v) is 9.31. The van der Waals surface area contributed by atoms with Gasteiger partial charge in [-0.15, -0.1) is 0 Å². The monoisotopic (exact) mass is 420 g/mol. The minimum atomic E-state index is -0.554. The predicted octanol–water partition coefficient (Wildman–Crippen LogP) is 5.40. The molecule has 164 valence electrons. The number of allylic oxidation sites excluding steroid dienone is 5. The van der Waals surface area contributed by atoms with Crippen LogP contribution in [0.1, 0.15) is 63.8 Å². The molecule has 0 saturated heterocycles. The summed E-state index contributed by atoms with van der Waals surface area (Å²) in [5.74, 6) is 2.07. The molecule has 1 aliphatic heterocycles. The average molecular weight is 421 g/mol. The fourth-order valence-electron chi connectivity index (χ4n) is 7.40. The van der Waals surface area contributed by atoms with Gasteiger partial charge < -0.3 is 9.15 Å². The molecule has 5 unspecified atom stereocenters. The molecule has 1 saturated carbocycles. The summed E-state index contributed by atoms with van der Waals surface area (Å²) < 4.78 is 12.4. The number of carbonyl (C=O) groups is 1. The van der Waals surface area contributed by atoms with Gasteiger partial charge in [0, 0.05) is 17.4 Å². The number of ketones is 1. The third kappa shape index (κ3) is 2.48. The van der Waals surface area contributed by atoms with Gasteiger partial charge in [0.1, 0.15) is 17.1 Å². The van der Waals surface area contributed by atoms with Crippen molar-refractivity contribution in [1.82, 2.24) is 0 Å². The molecule has 0 amide bonds. The molecule has 1 fully saturated rings. The number of carbonyl (C=O) groups excluding carboxylic acids is 1. The lowest BCUT2D eigenvalue weighted by molar-refractivity contribution is -0.124. The molecule has 31 heavy (non-hydrogen) atoms. The van der Waals surface area contributed by atoms with Crippen LogP contribution in [0.4, 0.5) is 0 Å². The highest BCUT2D eigenvalue weighted by atomic mass is 16.5. The molecule has 1 aromatic rings. The molecule has 0 bridgehead atoms. The molecule has 0 aromatic carbocycles. The molecule has 4 aliphatic rings. The maximum absolute atomic E-state index is 12.8. The van der Waals surface area contributed by atoms with E-state index in [1.54, 1.807) is 6.08 Å². The molecule has 3 aliphatic carbocycles. The number of fused-ring (bicyclic) bond motifs is 5. The van der Waals surface area contributed by atoms with Gasteiger partial charge in [-0.2, -0.15) is 0 Å². The van der Waals surface area contributed by atoms with Gasteiger partial charge in [0.05, 0.1) is 5.56 Å². The number of hydrogen-bond donors (Lipinski definition) is 0. The topological polar surface area (TPSA) is 56.5 Å². The fraction of sp³-hybridized carbons (Fsp3) is 0.556. The van der Waals surface area contributed by atoms with Crippen LogP contribution in [0.15, 0.2) is 44.7 Å². The standard InChI is InChI=1S/C27H32O4/c1-15-13-19(28)9-11-25(5)21(15)10-12-26(6)22(25)8-7-16(2)27(26)14-20-23(31-27)17(3)18(4)30-24(20)29/h7,9,11,13,21-22H,8,10,12,14H2,1-6H3. The van der Waals surface area contributed by atoms with E-state index in [0.717, 1.165) is 30.6 Å². The summed E-state index contributed by atoms with van der Waals surface area (Å²) in [5, 5.41) is 0. The Morgan fingerprint density at radius 3 is 2.58 bits per heavy atom. The van der Waals surface area contributed by atoms with Gasteiger partial charge in [0.25, 0.3) is 0 Å². The largest absolute Gasteiger partial charge is 0.481 e. The van der Waals surface area contributed by atoms with E-state index in [0.29, 0.717) is 29.6 Å². The summed E-state index contributed by atoms with van der Waals surface area (Å²) in [7, 11) is 0. The van der Waals surface area contributed by atoms with Crippen LogP contribution in [-0.4, -0.2) is 11.4 Å². The van der Waals surface area contributed by atoms with Gasteiger partial charge in [-0.1, -0.05) is 31.6 Å². The Hall–Kier alpha value is -2.36. The lowest BCUT2D eigenvalue weighted by Gasteiger charge is -2.62. The van der Waals surface area contributed by atoms with Crippen molar-refractivity contribution in [3.8, 4) is 5.75 Å². The van der Waals surface area contributed by atoms with E-state index < -0.39 is 5.60 Å². The van der Waals surface area contributed by atoms with Gasteiger partial charge in [-0.05, 0) is 81.9 Å². The van der Waals surface area contributed by atoms with E-state index in [-0.39, 0.29) is 22.2 Å². The molecule has 0 N–H and O–H groups in total. The third-order valence-electron chi connectivity index (χ3n) is 9.31. The molecule has 5 rings (SSSR count). The maximum atomic E-state index is 12.8. The molecular weight excluding hydrogens is 388 g/mol. The Bertz CT molecular complexity index is 1150. The van der Waals surface area contributed by atoms with Crippen molar-refractivity contribution in [1.29, 1.82) is 0 Å². The quantitative estimate of drug-likeness (QED) is 0.527. The summed E-state index contributed by atoms with van der Waals surface area (Å²) in [6, 6.07) is 0. The lowest BCUT2D eigenvalue weighted by atomic mass is 9.43. The molecule has 5 atom stereocenters. The van der Waals surface area contributed by atoms with E-state index in [9.17, 15) is 9.59 Å². The predicted molar refractivity (Wildman–Crippen MR) is 120 cm³/mol. The van der Waals surface area contributed by atoms with Gasteiger partial charge in [-0.25, -0.2) is 4.79 Å². The van der Waals surface area contributed by atoms with Crippen molar-refractivity contribution >= 4 is 5.78 Å². The highest BCUT2D eigenvalue weighted by Crippen LogP contribution is 2.67. The maximum Gasteiger partial charge on any atom is 0.343 e. The first-order valence-corrected chi connectivity index (χ1v) is 11.4. The SMILES string of the molecule is CC1=CC(=O)C=CC2(C)C1CCC1(C)C2CC=C(C)C12Cc1c(c(C)c(C)oc1=O)O2. The van der Waals surface area contributed by atoms with Gasteiger partial charge in [0.2, 0.25) is 0 Å². The Labute approximate surface area is 184 Å². The van der Waals surface area contributed by atoms with Crippen LogP contribution in [0.25, 0.3) is 0 Å². The van der Waals surface area contributed by atoms with Crippen molar-refractivity contribution in [2.24, 2.45) is 22.7 Å². The normalized spacial score (nSPS) is 38.6. The molecule has 2 heterocycles. The first-order valence-electron chi connectivity index (χ1n) is 11.4. The first kappa shape index (κ1) is 20.5. The van der Waals surface area contributed by atoms with Crippen LogP contribution in [0.5, 0.6) is 5.75 Å². The van der Waals surface area contributed by atoms with Crippen LogP contribution in [0.3, 0.4) is 0 Å². The highest BCUT2D eigenvalue weighted by molar-refractivity contribution is 6.00. The molecule has 1 aromatic heterocycles. The van der Waals surface area contributed by atoms with Gasteiger partial charge >= 0.3 is 5.63 Å². The minimum Gasteiger partial charge on any atom is -0.481 e. The molecule has 0 radical (unpaired) electrons. The highest BCUT2D eigenvalue weighted by Gasteiger charge is 2.66. The second-order valence-electron chi connectivity index (χ2n) is 10.7. The summed E-state index contributed by atoms with van der Waals surface area (Å²) in [6.07, 6.45) is 11.6. The van der Waals surface area contributed by atoms with Crippen molar-refractivity contribution in [3.05, 3.63) is 62.8 Å². The zero-order valence-electron chi connectivity index (χ0n) is 19.4. The number of hydrogen-bond acceptors (Lipinski definition) is 4. The van der Waals surface area contributed by atoms with Crippen LogP contribution >= 0.6 is 0 Å². The fourth-order valence-corrected chi connectivity index (χ4v) is 7.40. The van der Waals surface area contributed by atoms with Crippen LogP contribution in [-0.2, 0) is 11.2 Å². The zero-order valence-corrected chi connectivity index (χ0v) is 19.4. The first-order chi connectivity index (χ1) is 14.5. The second kappa shape index (κ2) is 6.34. The van der Waals surface area contributed by atoms with Crippen molar-refractivity contribution in [2.45, 2.75) is 72.8 Å². The van der Waals surface area contributed by atoms with Crippen molar-refractivity contribution in [2.75, 3.05) is 0 Å². The summed E-state index contributed by atoms with van der Waals surface area (Å²) in [6.45, 7) is 12.7. The number of ether oxygens (including phenoxy) is 1. The Morgan fingerprint density at radius 2 is 1.84 bits per heavy atom. The van der Waals surface area contributed by atoms with Crippen LogP contribution < -0.4 is 10.4 Å². The van der Waals surface area contributed by atoms with E-state index in [4.69, 9.17) is 9.15 Å². The summed E-state index contributed by atoms with van der Waals surface area (Å²) in [4.78, 5) is 25.1. The van der Waals surface area contributed by atoms with E-state index in [1.165, 1.54) is 11.1 Å². The number of rotatable bonds is 0. The Kier molecular flexibility index (Phi) is 4.20. The van der Waals surface area contributed by atoms with Crippen molar-refractivity contribution in [3.63, 3.8) is 0 Å². The van der Waals surface area contributed by atoms with E-state index in [1.807, 2.05) is 19.9 Å². The average Bonchev–Trinajstić information content (AvgIpc) is 3.08. The molecule has 1 spiro atoms. The lowest BCUT2D eigenvalue weighted by Crippen LogP contribution is -2.63. The molecular formula is C27H32O4. The second-order valence-corrected chi connectivity index (χ2v) is 10.7. The van der Waals surface area contributed by atoms with E-state index >= 15 is 0 Å². The number of aryl methyl sites for hydroxylation is 1. The minimum absolute atomic E-state index is 0.0836. The van der Waals surface area contributed by atoms with E-state index in [2.05, 4.69) is 39.8 Å². The Balaban J connectivity index is 1.68. The summed E-state index contributed by atoms with van der Waals surface area (Å²) >= 11 is 0. The summed E-state index contributed by atoms with van der Waals surface area (Å²) in [5.41, 5.74) is 2.85. The Morgan fingerprint density at radius 1 is 1.10 bits per heavy atom. The van der Waals surface area contributed by atoms with Crippen LogP contribution in [0, 0.1) is 36.5 Å².